The normalized spacial score (nSPS) is 10.4. The zero-order chi connectivity index (χ0) is 13.7. The fourth-order valence-corrected chi connectivity index (χ4v) is 3.21. The standard InChI is InChI=1S/C13H16N2O2S2/c1-15(8-11-4-3-7-18-11)13-14-10(9-19-13)5-6-12(16)17-2/h3-4,7,9H,5-6,8H2,1-2H3. The number of ether oxygens (including phenoxy) is 1. The maximum absolute atomic E-state index is 11.1. The van der Waals surface area contributed by atoms with Crippen LogP contribution >= 0.6 is 22.7 Å². The van der Waals surface area contributed by atoms with Crippen molar-refractivity contribution in [2.75, 3.05) is 19.1 Å². The molecule has 0 saturated heterocycles. The van der Waals surface area contributed by atoms with Gasteiger partial charge in [-0.1, -0.05) is 6.07 Å². The summed E-state index contributed by atoms with van der Waals surface area (Å²) < 4.78 is 4.62. The molecule has 6 heteroatoms. The number of thiophene rings is 1. The van der Waals surface area contributed by atoms with Crippen molar-refractivity contribution in [1.29, 1.82) is 0 Å². The SMILES string of the molecule is COC(=O)CCc1csc(N(C)Cc2cccs2)n1. The van der Waals surface area contributed by atoms with Crippen molar-refractivity contribution in [1.82, 2.24) is 4.98 Å². The molecule has 0 atom stereocenters. The molecule has 0 unspecified atom stereocenters. The monoisotopic (exact) mass is 296 g/mol. The van der Waals surface area contributed by atoms with E-state index in [-0.39, 0.29) is 5.97 Å². The molecule has 0 aliphatic carbocycles. The Labute approximate surface area is 120 Å². The Hall–Kier alpha value is -1.40. The van der Waals surface area contributed by atoms with Crippen LogP contribution in [-0.2, 0) is 22.5 Å². The topological polar surface area (TPSA) is 42.4 Å². The number of carbonyl (C=O) groups excluding carboxylic acids is 1. The van der Waals surface area contributed by atoms with E-state index in [0.29, 0.717) is 12.8 Å². The quantitative estimate of drug-likeness (QED) is 0.769. The first kappa shape index (κ1) is 14.0. The van der Waals surface area contributed by atoms with Crippen molar-refractivity contribution in [3.05, 3.63) is 33.5 Å². The Morgan fingerprint density at radius 3 is 3.00 bits per heavy atom. The van der Waals surface area contributed by atoms with E-state index in [4.69, 9.17) is 0 Å². The summed E-state index contributed by atoms with van der Waals surface area (Å²) in [5.74, 6) is -0.193. The Morgan fingerprint density at radius 2 is 2.32 bits per heavy atom. The third-order valence-electron chi connectivity index (χ3n) is 2.65. The van der Waals surface area contributed by atoms with Crippen LogP contribution in [0.1, 0.15) is 17.0 Å². The van der Waals surface area contributed by atoms with Gasteiger partial charge >= 0.3 is 5.97 Å². The molecule has 0 aliphatic rings. The van der Waals surface area contributed by atoms with E-state index in [1.54, 1.807) is 22.7 Å². The van der Waals surface area contributed by atoms with Crippen LogP contribution in [0.5, 0.6) is 0 Å². The summed E-state index contributed by atoms with van der Waals surface area (Å²) >= 11 is 3.35. The second kappa shape index (κ2) is 6.68. The number of esters is 1. The van der Waals surface area contributed by atoms with E-state index in [0.717, 1.165) is 17.4 Å². The Morgan fingerprint density at radius 1 is 1.47 bits per heavy atom. The molecule has 2 aromatic heterocycles. The molecule has 0 spiro atoms. The van der Waals surface area contributed by atoms with Crippen molar-refractivity contribution in [2.24, 2.45) is 0 Å². The van der Waals surface area contributed by atoms with E-state index in [2.05, 4.69) is 32.1 Å². The van der Waals surface area contributed by atoms with Crippen LogP contribution < -0.4 is 4.90 Å². The summed E-state index contributed by atoms with van der Waals surface area (Å²) in [6, 6.07) is 4.17. The molecule has 4 nitrogen and oxygen atoms in total. The molecule has 2 heterocycles. The highest BCUT2D eigenvalue weighted by molar-refractivity contribution is 7.13. The first-order chi connectivity index (χ1) is 9.19. The van der Waals surface area contributed by atoms with E-state index in [1.165, 1.54) is 12.0 Å². The van der Waals surface area contributed by atoms with Crippen LogP contribution in [0, 0.1) is 0 Å². The van der Waals surface area contributed by atoms with E-state index < -0.39 is 0 Å². The molecule has 0 radical (unpaired) electrons. The van der Waals surface area contributed by atoms with Crippen molar-refractivity contribution >= 4 is 33.8 Å². The van der Waals surface area contributed by atoms with Gasteiger partial charge in [0.25, 0.3) is 0 Å². The molecule has 2 aromatic rings. The van der Waals surface area contributed by atoms with Crippen LogP contribution in [0.2, 0.25) is 0 Å². The highest BCUT2D eigenvalue weighted by Gasteiger charge is 2.09. The molecule has 0 aliphatic heterocycles. The van der Waals surface area contributed by atoms with E-state index >= 15 is 0 Å². The first-order valence-corrected chi connectivity index (χ1v) is 7.69. The number of rotatable bonds is 6. The molecular weight excluding hydrogens is 280 g/mol. The molecule has 0 aromatic carbocycles. The fraction of sp³-hybridized carbons (Fsp3) is 0.385. The summed E-state index contributed by atoms with van der Waals surface area (Å²) in [5, 5.41) is 5.06. The fourth-order valence-electron chi connectivity index (χ4n) is 1.62. The maximum Gasteiger partial charge on any atom is 0.305 e. The van der Waals surface area contributed by atoms with Crippen molar-refractivity contribution < 1.29 is 9.53 Å². The molecule has 0 fully saturated rings. The van der Waals surface area contributed by atoms with E-state index in [9.17, 15) is 4.79 Å². The van der Waals surface area contributed by atoms with Crippen molar-refractivity contribution in [3.63, 3.8) is 0 Å². The molecule has 102 valence electrons. The molecular formula is C13H16N2O2S2. The molecule has 0 amide bonds. The number of carbonyl (C=O) groups is 1. The van der Waals surface area contributed by atoms with Gasteiger partial charge in [-0.15, -0.1) is 22.7 Å². The van der Waals surface area contributed by atoms with Gasteiger partial charge in [0.05, 0.1) is 25.8 Å². The van der Waals surface area contributed by atoms with E-state index in [1.807, 2.05) is 12.4 Å². The summed E-state index contributed by atoms with van der Waals surface area (Å²) in [7, 11) is 3.44. The number of nitrogens with zero attached hydrogens (tertiary/aromatic N) is 2. The van der Waals surface area contributed by atoms with Gasteiger partial charge in [-0.3, -0.25) is 4.79 Å². The number of methoxy groups -OCH3 is 1. The average Bonchev–Trinajstić information content (AvgIpc) is 3.06. The molecule has 19 heavy (non-hydrogen) atoms. The zero-order valence-electron chi connectivity index (χ0n) is 11.0. The second-order valence-corrected chi connectivity index (χ2v) is 6.00. The molecule has 2 rings (SSSR count). The van der Waals surface area contributed by atoms with Gasteiger partial charge in [-0.25, -0.2) is 4.98 Å². The highest BCUT2D eigenvalue weighted by Crippen LogP contribution is 2.23. The van der Waals surface area contributed by atoms with Gasteiger partial charge in [0.15, 0.2) is 5.13 Å². The number of thiazole rings is 1. The molecule has 0 bridgehead atoms. The largest absolute Gasteiger partial charge is 0.469 e. The Balaban J connectivity index is 1.90. The predicted octanol–water partition coefficient (Wildman–Crippen LogP) is 2.95. The summed E-state index contributed by atoms with van der Waals surface area (Å²) in [6.45, 7) is 0.863. The minimum Gasteiger partial charge on any atom is -0.469 e. The minimum absolute atomic E-state index is 0.193. The summed E-state index contributed by atoms with van der Waals surface area (Å²) in [4.78, 5) is 19.1. The maximum atomic E-state index is 11.1. The summed E-state index contributed by atoms with van der Waals surface area (Å²) in [5.41, 5.74) is 0.948. The van der Waals surface area contributed by atoms with Crippen LogP contribution in [0.4, 0.5) is 5.13 Å². The van der Waals surface area contributed by atoms with Crippen LogP contribution in [0.3, 0.4) is 0 Å². The lowest BCUT2D eigenvalue weighted by atomic mass is 10.2. The first-order valence-electron chi connectivity index (χ1n) is 5.94. The van der Waals surface area contributed by atoms with Crippen LogP contribution in [0.25, 0.3) is 0 Å². The average molecular weight is 296 g/mol. The lowest BCUT2D eigenvalue weighted by molar-refractivity contribution is -0.140. The molecule has 0 saturated carbocycles. The third-order valence-corrected chi connectivity index (χ3v) is 4.52. The molecule has 0 N–H and O–H groups in total. The Kier molecular flexibility index (Phi) is 4.93. The van der Waals surface area contributed by atoms with Crippen molar-refractivity contribution in [2.45, 2.75) is 19.4 Å². The number of aryl methyl sites for hydroxylation is 1. The second-order valence-electron chi connectivity index (χ2n) is 4.13. The zero-order valence-corrected chi connectivity index (χ0v) is 12.6. The lowest BCUT2D eigenvalue weighted by Crippen LogP contribution is -2.15. The number of aromatic nitrogens is 1. The predicted molar refractivity (Wildman–Crippen MR) is 78.9 cm³/mol. The third kappa shape index (κ3) is 4.04. The van der Waals surface area contributed by atoms with Gasteiger partial charge in [-0.05, 0) is 11.4 Å². The smallest absolute Gasteiger partial charge is 0.305 e. The van der Waals surface area contributed by atoms with Crippen molar-refractivity contribution in [3.8, 4) is 0 Å². The number of anilines is 1. The number of hydrogen-bond donors (Lipinski definition) is 0. The van der Waals surface area contributed by atoms with Gasteiger partial charge in [0.2, 0.25) is 0 Å². The van der Waals surface area contributed by atoms with Gasteiger partial charge in [-0.2, -0.15) is 0 Å². The number of hydrogen-bond acceptors (Lipinski definition) is 6. The van der Waals surface area contributed by atoms with Gasteiger partial charge in [0.1, 0.15) is 0 Å². The highest BCUT2D eigenvalue weighted by atomic mass is 32.1. The van der Waals surface area contributed by atoms with Crippen LogP contribution in [-0.4, -0.2) is 25.1 Å². The Bertz CT molecular complexity index is 522. The van der Waals surface area contributed by atoms with Gasteiger partial charge in [0, 0.05) is 23.7 Å². The van der Waals surface area contributed by atoms with Gasteiger partial charge < -0.3 is 9.64 Å². The minimum atomic E-state index is -0.193. The lowest BCUT2D eigenvalue weighted by Gasteiger charge is -2.14. The summed E-state index contributed by atoms with van der Waals surface area (Å²) in [6.07, 6.45) is 1.02. The van der Waals surface area contributed by atoms with Crippen LogP contribution in [0.15, 0.2) is 22.9 Å².